The number of benzene rings is 2. The van der Waals surface area contributed by atoms with Crippen LogP contribution in [0.4, 0.5) is 0 Å². The lowest BCUT2D eigenvalue weighted by atomic mass is 9.91. The van der Waals surface area contributed by atoms with Crippen LogP contribution < -0.4 is 0 Å². The lowest BCUT2D eigenvalue weighted by molar-refractivity contribution is 0.0695. The van der Waals surface area contributed by atoms with Crippen LogP contribution in [0, 0.1) is 0 Å². The molecule has 0 aliphatic rings. The first-order valence-corrected chi connectivity index (χ1v) is 6.18. The second-order valence-corrected chi connectivity index (χ2v) is 4.66. The molecule has 0 fully saturated rings. The molecule has 0 aliphatic heterocycles. The third kappa shape index (κ3) is 3.13. The summed E-state index contributed by atoms with van der Waals surface area (Å²) in [6, 6.07) is 14.1. The normalized spacial score (nSPS) is 12.1. The van der Waals surface area contributed by atoms with E-state index >= 15 is 0 Å². The van der Waals surface area contributed by atoms with Crippen molar-refractivity contribution in [1.82, 2.24) is 0 Å². The maximum atomic E-state index is 11.2. The first-order valence-electron chi connectivity index (χ1n) is 6.18. The summed E-state index contributed by atoms with van der Waals surface area (Å²) in [7, 11) is 0. The van der Waals surface area contributed by atoms with Gasteiger partial charge in [-0.1, -0.05) is 37.3 Å². The molecule has 1 atom stereocenters. The standard InChI is InChI=1S/C16H16O3/c1-11(12-6-8-14(17)9-7-12)10-13-4-2-3-5-15(13)16(18)19/h2-9,11,17H,10H2,1H3,(H,18,19). The smallest absolute Gasteiger partial charge is 0.335 e. The lowest BCUT2D eigenvalue weighted by Gasteiger charge is -2.13. The number of phenols is 1. The van der Waals surface area contributed by atoms with Gasteiger partial charge in [0.1, 0.15) is 5.75 Å². The average molecular weight is 256 g/mol. The van der Waals surface area contributed by atoms with Crippen LogP contribution in [0.2, 0.25) is 0 Å². The number of carbonyl (C=O) groups is 1. The minimum atomic E-state index is -0.895. The predicted octanol–water partition coefficient (Wildman–Crippen LogP) is 3.44. The van der Waals surface area contributed by atoms with Crippen molar-refractivity contribution in [2.45, 2.75) is 19.3 Å². The van der Waals surface area contributed by atoms with Gasteiger partial charge in [0.25, 0.3) is 0 Å². The number of phenolic OH excluding ortho intramolecular Hbond substituents is 1. The Morgan fingerprint density at radius 1 is 1.11 bits per heavy atom. The van der Waals surface area contributed by atoms with E-state index in [4.69, 9.17) is 5.11 Å². The van der Waals surface area contributed by atoms with Crippen molar-refractivity contribution in [3.05, 3.63) is 65.2 Å². The van der Waals surface area contributed by atoms with E-state index in [9.17, 15) is 9.90 Å². The summed E-state index contributed by atoms with van der Waals surface area (Å²) >= 11 is 0. The fraction of sp³-hybridized carbons (Fsp3) is 0.188. The van der Waals surface area contributed by atoms with Crippen LogP contribution in [0.1, 0.15) is 34.3 Å². The van der Waals surface area contributed by atoms with Crippen molar-refractivity contribution in [3.8, 4) is 5.75 Å². The predicted molar refractivity (Wildman–Crippen MR) is 73.6 cm³/mol. The van der Waals surface area contributed by atoms with Gasteiger partial charge < -0.3 is 10.2 Å². The van der Waals surface area contributed by atoms with Gasteiger partial charge in [0.2, 0.25) is 0 Å². The molecule has 19 heavy (non-hydrogen) atoms. The molecule has 0 aliphatic carbocycles. The van der Waals surface area contributed by atoms with Crippen LogP contribution in [-0.2, 0) is 6.42 Å². The number of aromatic hydroxyl groups is 1. The van der Waals surface area contributed by atoms with Gasteiger partial charge in [0, 0.05) is 0 Å². The molecule has 3 heteroatoms. The van der Waals surface area contributed by atoms with E-state index in [-0.39, 0.29) is 11.7 Å². The molecule has 3 nitrogen and oxygen atoms in total. The number of aromatic carboxylic acids is 1. The van der Waals surface area contributed by atoms with E-state index < -0.39 is 5.97 Å². The maximum absolute atomic E-state index is 11.2. The molecular weight excluding hydrogens is 240 g/mol. The van der Waals surface area contributed by atoms with Crippen LogP contribution >= 0.6 is 0 Å². The molecule has 2 rings (SSSR count). The van der Waals surface area contributed by atoms with Gasteiger partial charge in [-0.3, -0.25) is 0 Å². The van der Waals surface area contributed by atoms with Crippen molar-refractivity contribution < 1.29 is 15.0 Å². The van der Waals surface area contributed by atoms with Gasteiger partial charge in [-0.2, -0.15) is 0 Å². The quantitative estimate of drug-likeness (QED) is 0.881. The molecule has 2 N–H and O–H groups in total. The zero-order valence-corrected chi connectivity index (χ0v) is 10.7. The van der Waals surface area contributed by atoms with Gasteiger partial charge in [0.05, 0.1) is 5.56 Å². The van der Waals surface area contributed by atoms with Crippen molar-refractivity contribution >= 4 is 5.97 Å². The van der Waals surface area contributed by atoms with E-state index in [1.165, 1.54) is 0 Å². The minimum Gasteiger partial charge on any atom is -0.508 e. The molecule has 2 aromatic rings. The average Bonchev–Trinajstić information content (AvgIpc) is 2.39. The topological polar surface area (TPSA) is 57.5 Å². The highest BCUT2D eigenvalue weighted by Gasteiger charge is 2.13. The third-order valence-corrected chi connectivity index (χ3v) is 3.24. The fourth-order valence-electron chi connectivity index (χ4n) is 2.16. The second kappa shape index (κ2) is 5.57. The summed E-state index contributed by atoms with van der Waals surface area (Å²) in [5, 5.41) is 18.4. The molecule has 2 aromatic carbocycles. The number of carboxylic acids is 1. The molecule has 0 saturated heterocycles. The van der Waals surface area contributed by atoms with Gasteiger partial charge >= 0.3 is 5.97 Å². The third-order valence-electron chi connectivity index (χ3n) is 3.24. The summed E-state index contributed by atoms with van der Waals surface area (Å²) in [6.45, 7) is 2.05. The van der Waals surface area contributed by atoms with Crippen molar-refractivity contribution in [3.63, 3.8) is 0 Å². The summed E-state index contributed by atoms with van der Waals surface area (Å²) in [6.07, 6.45) is 0.660. The molecule has 0 saturated carbocycles. The molecule has 1 unspecified atom stereocenters. The first kappa shape index (κ1) is 13.1. The molecule has 0 heterocycles. The molecule has 0 aromatic heterocycles. The highest BCUT2D eigenvalue weighted by atomic mass is 16.4. The van der Waals surface area contributed by atoms with Crippen molar-refractivity contribution in [2.24, 2.45) is 0 Å². The minimum absolute atomic E-state index is 0.195. The number of hydrogen-bond donors (Lipinski definition) is 2. The van der Waals surface area contributed by atoms with Gasteiger partial charge in [-0.15, -0.1) is 0 Å². The van der Waals surface area contributed by atoms with E-state index in [2.05, 4.69) is 0 Å². The Bertz CT molecular complexity index is 573. The summed E-state index contributed by atoms with van der Waals surface area (Å²) < 4.78 is 0. The number of hydrogen-bond acceptors (Lipinski definition) is 2. The Labute approximate surface area is 112 Å². The largest absolute Gasteiger partial charge is 0.508 e. The maximum Gasteiger partial charge on any atom is 0.335 e. The monoisotopic (exact) mass is 256 g/mol. The Morgan fingerprint density at radius 3 is 2.37 bits per heavy atom. The lowest BCUT2D eigenvalue weighted by Crippen LogP contribution is -2.06. The summed E-state index contributed by atoms with van der Waals surface area (Å²) in [5.41, 5.74) is 2.27. The Balaban J connectivity index is 2.21. The second-order valence-electron chi connectivity index (χ2n) is 4.66. The SMILES string of the molecule is CC(Cc1ccccc1C(=O)O)c1ccc(O)cc1. The van der Waals surface area contributed by atoms with Crippen LogP contribution in [0.3, 0.4) is 0 Å². The van der Waals surface area contributed by atoms with E-state index in [1.807, 2.05) is 31.2 Å². The summed E-state index contributed by atoms with van der Waals surface area (Å²) in [5.74, 6) is -0.462. The van der Waals surface area contributed by atoms with Crippen LogP contribution in [0.25, 0.3) is 0 Å². The molecule has 0 radical (unpaired) electrons. The Morgan fingerprint density at radius 2 is 1.74 bits per heavy atom. The van der Waals surface area contributed by atoms with E-state index in [0.717, 1.165) is 11.1 Å². The molecule has 0 bridgehead atoms. The Hall–Kier alpha value is -2.29. The van der Waals surface area contributed by atoms with Crippen LogP contribution in [0.5, 0.6) is 5.75 Å². The van der Waals surface area contributed by atoms with Crippen LogP contribution in [-0.4, -0.2) is 16.2 Å². The fourth-order valence-corrected chi connectivity index (χ4v) is 2.16. The number of rotatable bonds is 4. The highest BCUT2D eigenvalue weighted by molar-refractivity contribution is 5.89. The van der Waals surface area contributed by atoms with E-state index in [0.29, 0.717) is 12.0 Å². The Kier molecular flexibility index (Phi) is 3.85. The van der Waals surface area contributed by atoms with Crippen molar-refractivity contribution in [2.75, 3.05) is 0 Å². The number of carboxylic acid groups (broad SMARTS) is 1. The van der Waals surface area contributed by atoms with Gasteiger partial charge in [0.15, 0.2) is 0 Å². The molecular formula is C16H16O3. The molecule has 0 spiro atoms. The van der Waals surface area contributed by atoms with Crippen molar-refractivity contribution in [1.29, 1.82) is 0 Å². The zero-order valence-electron chi connectivity index (χ0n) is 10.7. The van der Waals surface area contributed by atoms with E-state index in [1.54, 1.807) is 24.3 Å². The highest BCUT2D eigenvalue weighted by Crippen LogP contribution is 2.24. The van der Waals surface area contributed by atoms with Crippen LogP contribution in [0.15, 0.2) is 48.5 Å². The first-order chi connectivity index (χ1) is 9.08. The molecule has 0 amide bonds. The zero-order chi connectivity index (χ0) is 13.8. The molecule has 98 valence electrons. The van der Waals surface area contributed by atoms with Gasteiger partial charge in [-0.25, -0.2) is 4.79 Å². The summed E-state index contributed by atoms with van der Waals surface area (Å²) in [4.78, 5) is 11.2. The van der Waals surface area contributed by atoms with Gasteiger partial charge in [-0.05, 0) is 41.7 Å².